The van der Waals surface area contributed by atoms with Gasteiger partial charge in [-0.2, -0.15) is 0 Å². The van der Waals surface area contributed by atoms with Crippen LogP contribution in [0.5, 0.6) is 0 Å². The number of likely N-dealkylation sites (tertiary alicyclic amines) is 1. The molecule has 1 N–H and O–H groups in total. The van der Waals surface area contributed by atoms with E-state index in [9.17, 15) is 9.59 Å². The topological polar surface area (TPSA) is 59.1 Å². The van der Waals surface area contributed by atoms with Gasteiger partial charge in [-0.05, 0) is 45.9 Å². The number of hydrogen-bond acceptors (Lipinski definition) is 5. The van der Waals surface area contributed by atoms with Crippen LogP contribution in [0.15, 0.2) is 30.3 Å². The minimum atomic E-state index is -0.0724. The highest BCUT2D eigenvalue weighted by atomic mass is 16.2. The van der Waals surface area contributed by atoms with Crippen LogP contribution in [0.4, 0.5) is 5.69 Å². The lowest BCUT2D eigenvalue weighted by atomic mass is 10.0. The fourth-order valence-corrected chi connectivity index (χ4v) is 5.47. The maximum atomic E-state index is 12.9. The van der Waals surface area contributed by atoms with Gasteiger partial charge in [-0.15, -0.1) is 0 Å². The number of nitrogens with one attached hydrogen (secondary N) is 1. The lowest BCUT2D eigenvalue weighted by molar-refractivity contribution is -0.132. The van der Waals surface area contributed by atoms with Gasteiger partial charge in [-0.1, -0.05) is 18.2 Å². The maximum Gasteiger partial charge on any atom is 0.239 e. The molecule has 0 saturated carbocycles. The molecule has 7 heteroatoms. The third-order valence-electron chi connectivity index (χ3n) is 7.39. The molecule has 7 nitrogen and oxygen atoms in total. The summed E-state index contributed by atoms with van der Waals surface area (Å²) in [5, 5.41) is 3.15. The molecule has 1 aromatic carbocycles. The molecule has 3 heterocycles. The Labute approximate surface area is 186 Å². The number of carbonyl (C=O) groups is 2. The van der Waals surface area contributed by atoms with Gasteiger partial charge in [-0.25, -0.2) is 0 Å². The van der Waals surface area contributed by atoms with E-state index in [0.717, 1.165) is 45.6 Å². The summed E-state index contributed by atoms with van der Waals surface area (Å²) in [4.78, 5) is 34.7. The molecule has 1 aromatic rings. The van der Waals surface area contributed by atoms with Crippen molar-refractivity contribution in [2.45, 2.75) is 57.3 Å². The summed E-state index contributed by atoms with van der Waals surface area (Å²) in [5.74, 6) is 0.386. The number of piperazine rings is 1. The number of para-hydroxylation sites is 1. The van der Waals surface area contributed by atoms with Crippen LogP contribution in [-0.4, -0.2) is 97.0 Å². The van der Waals surface area contributed by atoms with Gasteiger partial charge in [0.2, 0.25) is 11.8 Å². The largest absolute Gasteiger partial charge is 0.368 e. The normalized spacial score (nSPS) is 27.9. The van der Waals surface area contributed by atoms with Crippen molar-refractivity contribution in [1.29, 1.82) is 0 Å². The highest BCUT2D eigenvalue weighted by Crippen LogP contribution is 2.28. The Morgan fingerprint density at radius 1 is 1.10 bits per heavy atom. The summed E-state index contributed by atoms with van der Waals surface area (Å²) >= 11 is 0. The summed E-state index contributed by atoms with van der Waals surface area (Å²) in [6.07, 6.45) is 2.35. The van der Waals surface area contributed by atoms with Crippen LogP contribution in [0.3, 0.4) is 0 Å². The zero-order chi connectivity index (χ0) is 22.0. The van der Waals surface area contributed by atoms with Crippen LogP contribution in [0, 0.1) is 0 Å². The number of fused-ring (bicyclic) bond motifs is 1. The molecule has 4 rings (SSSR count). The first-order valence-corrected chi connectivity index (χ1v) is 11.8. The predicted molar refractivity (Wildman–Crippen MR) is 123 cm³/mol. The van der Waals surface area contributed by atoms with Gasteiger partial charge in [0, 0.05) is 69.5 Å². The molecular formula is C24H37N5O2. The average Bonchev–Trinajstić information content (AvgIpc) is 3.20. The van der Waals surface area contributed by atoms with Crippen LogP contribution < -0.4 is 10.2 Å². The molecule has 170 valence electrons. The molecule has 0 aliphatic carbocycles. The van der Waals surface area contributed by atoms with Crippen LogP contribution in [-0.2, 0) is 9.59 Å². The average molecular weight is 428 g/mol. The molecule has 3 atom stereocenters. The second kappa shape index (κ2) is 9.57. The maximum absolute atomic E-state index is 12.9. The molecule has 2 amide bonds. The Morgan fingerprint density at radius 3 is 2.48 bits per heavy atom. The van der Waals surface area contributed by atoms with E-state index >= 15 is 0 Å². The van der Waals surface area contributed by atoms with Gasteiger partial charge >= 0.3 is 0 Å². The van der Waals surface area contributed by atoms with E-state index in [1.54, 1.807) is 0 Å². The first kappa shape index (κ1) is 22.1. The summed E-state index contributed by atoms with van der Waals surface area (Å²) in [7, 11) is 2.13. The minimum Gasteiger partial charge on any atom is -0.368 e. The van der Waals surface area contributed by atoms with E-state index in [0.29, 0.717) is 19.0 Å². The number of amides is 2. The van der Waals surface area contributed by atoms with Crippen molar-refractivity contribution in [3.05, 3.63) is 30.3 Å². The van der Waals surface area contributed by atoms with E-state index in [2.05, 4.69) is 65.2 Å². The summed E-state index contributed by atoms with van der Waals surface area (Å²) < 4.78 is 0. The third-order valence-corrected chi connectivity index (χ3v) is 7.39. The van der Waals surface area contributed by atoms with Gasteiger partial charge in [0.05, 0.1) is 0 Å². The van der Waals surface area contributed by atoms with E-state index in [-0.39, 0.29) is 29.9 Å². The van der Waals surface area contributed by atoms with Crippen LogP contribution in [0.1, 0.15) is 33.1 Å². The Balaban J connectivity index is 1.29. The Morgan fingerprint density at radius 2 is 1.81 bits per heavy atom. The van der Waals surface area contributed by atoms with Crippen molar-refractivity contribution in [2.75, 3.05) is 51.2 Å². The monoisotopic (exact) mass is 427 g/mol. The number of carbonyl (C=O) groups excluding carboxylic acids is 2. The molecule has 31 heavy (non-hydrogen) atoms. The summed E-state index contributed by atoms with van der Waals surface area (Å²) in [6, 6.07) is 11.1. The van der Waals surface area contributed by atoms with Crippen molar-refractivity contribution in [1.82, 2.24) is 20.0 Å². The van der Waals surface area contributed by atoms with Gasteiger partial charge in [0.1, 0.15) is 6.04 Å². The van der Waals surface area contributed by atoms with Crippen molar-refractivity contribution in [3.63, 3.8) is 0 Å². The molecule has 0 radical (unpaired) electrons. The Hall–Kier alpha value is -2.12. The second-order valence-corrected chi connectivity index (χ2v) is 9.44. The molecule has 0 aromatic heterocycles. The minimum absolute atomic E-state index is 0.0724. The Kier molecular flexibility index (Phi) is 6.82. The quantitative estimate of drug-likeness (QED) is 0.770. The molecule has 3 unspecified atom stereocenters. The molecule has 3 fully saturated rings. The van der Waals surface area contributed by atoms with Gasteiger partial charge in [0.15, 0.2) is 0 Å². The SMILES string of the molecule is CC(C)N1CCC2C1C(=O)NCC(CCC(=O)N1CCN(c3ccccc3)CC1)N2C. The standard InChI is InChI=1S/C24H37N5O2/c1-18(2)29-12-11-21-23(29)24(31)25-17-20(26(21)3)9-10-22(30)28-15-13-27(14-16-28)19-7-5-4-6-8-19/h4-8,18,20-21,23H,9-17H2,1-3H3,(H,25,31). The summed E-state index contributed by atoms with van der Waals surface area (Å²) in [5.41, 5.74) is 1.23. The van der Waals surface area contributed by atoms with Crippen molar-refractivity contribution in [2.24, 2.45) is 0 Å². The lowest BCUT2D eigenvalue weighted by Crippen LogP contribution is -2.51. The second-order valence-electron chi connectivity index (χ2n) is 9.44. The number of hydrogen-bond donors (Lipinski definition) is 1. The smallest absolute Gasteiger partial charge is 0.239 e. The molecule has 3 saturated heterocycles. The zero-order valence-electron chi connectivity index (χ0n) is 19.2. The predicted octanol–water partition coefficient (Wildman–Crippen LogP) is 1.40. The first-order chi connectivity index (χ1) is 15.0. The van der Waals surface area contributed by atoms with E-state index in [4.69, 9.17) is 0 Å². The van der Waals surface area contributed by atoms with Crippen molar-refractivity contribution < 1.29 is 9.59 Å². The summed E-state index contributed by atoms with van der Waals surface area (Å²) in [6.45, 7) is 9.22. The van der Waals surface area contributed by atoms with Crippen LogP contribution in [0.2, 0.25) is 0 Å². The van der Waals surface area contributed by atoms with Crippen molar-refractivity contribution in [3.8, 4) is 0 Å². The van der Waals surface area contributed by atoms with E-state index < -0.39 is 0 Å². The first-order valence-electron chi connectivity index (χ1n) is 11.8. The molecule has 0 spiro atoms. The number of benzene rings is 1. The number of nitrogens with zero attached hydrogens (tertiary/aromatic N) is 4. The van der Waals surface area contributed by atoms with E-state index in [1.165, 1.54) is 5.69 Å². The number of rotatable bonds is 5. The third kappa shape index (κ3) is 4.72. The zero-order valence-corrected chi connectivity index (χ0v) is 19.2. The molecule has 3 aliphatic rings. The van der Waals surface area contributed by atoms with Crippen molar-refractivity contribution >= 4 is 17.5 Å². The number of anilines is 1. The highest BCUT2D eigenvalue weighted by molar-refractivity contribution is 5.83. The highest BCUT2D eigenvalue weighted by Gasteiger charge is 2.45. The van der Waals surface area contributed by atoms with Gasteiger partial charge in [-0.3, -0.25) is 19.4 Å². The molecule has 3 aliphatic heterocycles. The van der Waals surface area contributed by atoms with Gasteiger partial charge < -0.3 is 15.1 Å². The fraction of sp³-hybridized carbons (Fsp3) is 0.667. The molecular weight excluding hydrogens is 390 g/mol. The van der Waals surface area contributed by atoms with Gasteiger partial charge in [0.25, 0.3) is 0 Å². The lowest BCUT2D eigenvalue weighted by Gasteiger charge is -2.37. The van der Waals surface area contributed by atoms with E-state index in [1.807, 2.05) is 11.0 Å². The Bertz CT molecular complexity index is 762. The van der Waals surface area contributed by atoms with Crippen LogP contribution in [0.25, 0.3) is 0 Å². The van der Waals surface area contributed by atoms with Crippen LogP contribution >= 0.6 is 0 Å². The fourth-order valence-electron chi connectivity index (χ4n) is 5.47. The molecule has 0 bridgehead atoms. The number of likely N-dealkylation sites (N-methyl/N-ethyl adjacent to an activating group) is 1.